The van der Waals surface area contributed by atoms with Gasteiger partial charge in [0.2, 0.25) is 0 Å². The summed E-state index contributed by atoms with van der Waals surface area (Å²) in [5.41, 5.74) is 3.88. The Kier molecular flexibility index (Phi) is 1.83. The molecule has 0 atom stereocenters. The number of hydrogen-bond donors (Lipinski definition) is 0. The molecule has 0 aliphatic rings. The van der Waals surface area contributed by atoms with Gasteiger partial charge in [0.05, 0.1) is 5.69 Å². The Hall–Kier alpha value is -2.10. The van der Waals surface area contributed by atoms with Gasteiger partial charge in [-0.2, -0.15) is 5.10 Å². The molecule has 3 rings (SSSR count). The van der Waals surface area contributed by atoms with E-state index in [4.69, 9.17) is 4.42 Å². The van der Waals surface area contributed by atoms with E-state index in [-0.39, 0.29) is 0 Å². The molecular formula is C12H11N3O. The smallest absolute Gasteiger partial charge is 0.192 e. The third kappa shape index (κ3) is 1.31. The zero-order chi connectivity index (χ0) is 11.1. The highest BCUT2D eigenvalue weighted by molar-refractivity contribution is 5.79. The minimum atomic E-state index is 0.692. The molecule has 0 N–H and O–H groups in total. The van der Waals surface area contributed by atoms with Crippen LogP contribution in [0.2, 0.25) is 0 Å². The Morgan fingerprint density at radius 1 is 1.25 bits per heavy atom. The van der Waals surface area contributed by atoms with Crippen LogP contribution in [0.25, 0.3) is 22.4 Å². The molecule has 16 heavy (non-hydrogen) atoms. The second-order valence-corrected chi connectivity index (χ2v) is 3.76. The van der Waals surface area contributed by atoms with Gasteiger partial charge >= 0.3 is 0 Å². The highest BCUT2D eigenvalue weighted by Gasteiger charge is 2.06. The van der Waals surface area contributed by atoms with E-state index in [1.165, 1.54) is 0 Å². The zero-order valence-electron chi connectivity index (χ0n) is 9.14. The molecule has 0 radical (unpaired) electrons. The van der Waals surface area contributed by atoms with E-state index in [2.05, 4.69) is 10.1 Å². The van der Waals surface area contributed by atoms with Crippen LogP contribution < -0.4 is 0 Å². The van der Waals surface area contributed by atoms with Crippen molar-refractivity contribution < 1.29 is 4.42 Å². The van der Waals surface area contributed by atoms with Crippen molar-refractivity contribution in [3.63, 3.8) is 0 Å². The van der Waals surface area contributed by atoms with E-state index >= 15 is 0 Å². The van der Waals surface area contributed by atoms with Gasteiger partial charge in [-0.3, -0.25) is 4.68 Å². The van der Waals surface area contributed by atoms with Crippen LogP contribution in [0.3, 0.4) is 0 Å². The number of hydrogen-bond acceptors (Lipinski definition) is 3. The number of nitrogens with zero attached hydrogens (tertiary/aromatic N) is 3. The van der Waals surface area contributed by atoms with Crippen LogP contribution in [-0.2, 0) is 7.05 Å². The SMILES string of the molecule is Cc1nc2cc(-c3ccnn3C)ccc2o1. The van der Waals surface area contributed by atoms with Crippen molar-refractivity contribution in [3.05, 3.63) is 36.4 Å². The summed E-state index contributed by atoms with van der Waals surface area (Å²) in [5, 5.41) is 4.15. The number of benzene rings is 1. The predicted molar refractivity (Wildman–Crippen MR) is 60.9 cm³/mol. The normalized spacial score (nSPS) is 11.1. The molecular weight excluding hydrogens is 202 g/mol. The van der Waals surface area contributed by atoms with Crippen LogP contribution >= 0.6 is 0 Å². The van der Waals surface area contributed by atoms with Crippen LogP contribution in [0, 0.1) is 6.92 Å². The molecule has 1 aromatic carbocycles. The molecule has 2 aromatic heterocycles. The first kappa shape index (κ1) is 9.15. The number of rotatable bonds is 1. The van der Waals surface area contributed by atoms with Crippen molar-refractivity contribution in [3.8, 4) is 11.3 Å². The fraction of sp³-hybridized carbons (Fsp3) is 0.167. The first-order valence-corrected chi connectivity index (χ1v) is 5.09. The summed E-state index contributed by atoms with van der Waals surface area (Å²) in [4.78, 5) is 4.32. The largest absolute Gasteiger partial charge is 0.441 e. The fourth-order valence-corrected chi connectivity index (χ4v) is 1.86. The summed E-state index contributed by atoms with van der Waals surface area (Å²) in [6.07, 6.45) is 1.79. The average Bonchev–Trinajstić information content (AvgIpc) is 2.81. The molecule has 0 spiro atoms. The zero-order valence-corrected chi connectivity index (χ0v) is 9.14. The lowest BCUT2D eigenvalue weighted by molar-refractivity contribution is 0.561. The van der Waals surface area contributed by atoms with Crippen molar-refractivity contribution in [1.82, 2.24) is 14.8 Å². The Morgan fingerprint density at radius 3 is 2.88 bits per heavy atom. The second kappa shape index (κ2) is 3.20. The molecule has 0 unspecified atom stereocenters. The molecule has 0 aliphatic carbocycles. The summed E-state index contributed by atoms with van der Waals surface area (Å²) in [6, 6.07) is 7.96. The number of aromatic nitrogens is 3. The molecule has 4 nitrogen and oxygen atoms in total. The summed E-state index contributed by atoms with van der Waals surface area (Å²) in [7, 11) is 1.92. The standard InChI is InChI=1S/C12H11N3O/c1-8-14-10-7-9(3-4-12(10)16-8)11-5-6-13-15(11)2/h3-7H,1-2H3. The molecule has 80 valence electrons. The lowest BCUT2D eigenvalue weighted by Gasteiger charge is -2.00. The van der Waals surface area contributed by atoms with Crippen LogP contribution in [-0.4, -0.2) is 14.8 Å². The van der Waals surface area contributed by atoms with Gasteiger partial charge < -0.3 is 4.42 Å². The number of fused-ring (bicyclic) bond motifs is 1. The van der Waals surface area contributed by atoms with Crippen molar-refractivity contribution in [1.29, 1.82) is 0 Å². The van der Waals surface area contributed by atoms with Crippen molar-refractivity contribution in [2.24, 2.45) is 7.05 Å². The topological polar surface area (TPSA) is 43.9 Å². The van der Waals surface area contributed by atoms with Gasteiger partial charge in [0.1, 0.15) is 5.52 Å². The molecule has 0 amide bonds. The first-order chi connectivity index (χ1) is 7.74. The summed E-state index contributed by atoms with van der Waals surface area (Å²) >= 11 is 0. The highest BCUT2D eigenvalue weighted by Crippen LogP contribution is 2.23. The molecule has 3 aromatic rings. The van der Waals surface area contributed by atoms with Crippen LogP contribution in [0.5, 0.6) is 0 Å². The molecule has 2 heterocycles. The molecule has 0 fully saturated rings. The lowest BCUT2D eigenvalue weighted by Crippen LogP contribution is -1.92. The van der Waals surface area contributed by atoms with E-state index in [0.717, 1.165) is 22.4 Å². The Labute approximate surface area is 92.5 Å². The van der Waals surface area contributed by atoms with Crippen molar-refractivity contribution in [2.75, 3.05) is 0 Å². The first-order valence-electron chi connectivity index (χ1n) is 5.09. The third-order valence-corrected chi connectivity index (χ3v) is 2.61. The van der Waals surface area contributed by atoms with E-state index in [0.29, 0.717) is 5.89 Å². The molecule has 0 aliphatic heterocycles. The monoisotopic (exact) mass is 213 g/mol. The van der Waals surface area contributed by atoms with Crippen LogP contribution in [0.1, 0.15) is 5.89 Å². The van der Waals surface area contributed by atoms with Crippen molar-refractivity contribution in [2.45, 2.75) is 6.92 Å². The second-order valence-electron chi connectivity index (χ2n) is 3.76. The fourth-order valence-electron chi connectivity index (χ4n) is 1.86. The van der Waals surface area contributed by atoms with E-state index < -0.39 is 0 Å². The average molecular weight is 213 g/mol. The maximum absolute atomic E-state index is 5.44. The Morgan fingerprint density at radius 2 is 2.12 bits per heavy atom. The Balaban J connectivity index is 2.22. The van der Waals surface area contributed by atoms with E-state index in [1.54, 1.807) is 6.20 Å². The highest BCUT2D eigenvalue weighted by atomic mass is 16.3. The van der Waals surface area contributed by atoms with Gasteiger partial charge in [0, 0.05) is 25.7 Å². The Bertz CT molecular complexity index is 651. The van der Waals surface area contributed by atoms with Gasteiger partial charge in [-0.25, -0.2) is 4.98 Å². The molecule has 0 bridgehead atoms. The molecule has 0 saturated carbocycles. The van der Waals surface area contributed by atoms with Gasteiger partial charge in [0.25, 0.3) is 0 Å². The van der Waals surface area contributed by atoms with E-state index in [1.807, 2.05) is 42.9 Å². The summed E-state index contributed by atoms with van der Waals surface area (Å²) in [6.45, 7) is 1.85. The minimum absolute atomic E-state index is 0.692. The van der Waals surface area contributed by atoms with Crippen LogP contribution in [0.15, 0.2) is 34.9 Å². The quantitative estimate of drug-likeness (QED) is 0.624. The lowest BCUT2D eigenvalue weighted by atomic mass is 10.1. The van der Waals surface area contributed by atoms with E-state index in [9.17, 15) is 0 Å². The molecule has 0 saturated heterocycles. The number of aryl methyl sites for hydroxylation is 2. The summed E-state index contributed by atoms with van der Waals surface area (Å²) < 4.78 is 7.28. The maximum atomic E-state index is 5.44. The van der Waals surface area contributed by atoms with Gasteiger partial charge in [-0.05, 0) is 24.3 Å². The molecule has 4 heteroatoms. The van der Waals surface area contributed by atoms with Gasteiger partial charge in [0.15, 0.2) is 11.5 Å². The predicted octanol–water partition coefficient (Wildman–Crippen LogP) is 2.54. The summed E-state index contributed by atoms with van der Waals surface area (Å²) in [5.74, 6) is 0.692. The van der Waals surface area contributed by atoms with Crippen molar-refractivity contribution >= 4 is 11.1 Å². The van der Waals surface area contributed by atoms with Gasteiger partial charge in [-0.1, -0.05) is 0 Å². The van der Waals surface area contributed by atoms with Gasteiger partial charge in [-0.15, -0.1) is 0 Å². The minimum Gasteiger partial charge on any atom is -0.441 e. The number of oxazole rings is 1. The third-order valence-electron chi connectivity index (χ3n) is 2.61. The maximum Gasteiger partial charge on any atom is 0.192 e. The van der Waals surface area contributed by atoms with Crippen LogP contribution in [0.4, 0.5) is 0 Å².